The second kappa shape index (κ2) is 7.02. The van der Waals surface area contributed by atoms with Gasteiger partial charge in [0.2, 0.25) is 0 Å². The van der Waals surface area contributed by atoms with Gasteiger partial charge in [-0.3, -0.25) is 4.79 Å². The molecule has 0 radical (unpaired) electrons. The molecule has 0 aromatic heterocycles. The van der Waals surface area contributed by atoms with E-state index < -0.39 is 0 Å². The minimum absolute atomic E-state index is 0.0614. The topological polar surface area (TPSA) is 20.3 Å². The van der Waals surface area contributed by atoms with Crippen molar-refractivity contribution in [1.29, 1.82) is 0 Å². The van der Waals surface area contributed by atoms with Crippen molar-refractivity contribution in [3.8, 4) is 0 Å². The van der Waals surface area contributed by atoms with Gasteiger partial charge in [0, 0.05) is 29.0 Å². The van der Waals surface area contributed by atoms with Crippen LogP contribution in [-0.2, 0) is 0 Å². The quantitative estimate of drug-likeness (QED) is 0.754. The fourth-order valence-corrected chi connectivity index (χ4v) is 2.30. The molecule has 2 nitrogen and oxygen atoms in total. The Morgan fingerprint density at radius 3 is 2.71 bits per heavy atom. The third-order valence-corrected chi connectivity index (χ3v) is 3.40. The van der Waals surface area contributed by atoms with Gasteiger partial charge in [0.25, 0.3) is 5.91 Å². The van der Waals surface area contributed by atoms with Crippen molar-refractivity contribution in [1.82, 2.24) is 4.90 Å². The molecule has 1 aromatic carbocycles. The lowest BCUT2D eigenvalue weighted by molar-refractivity contribution is 0.0765. The molecule has 0 saturated carbocycles. The summed E-state index contributed by atoms with van der Waals surface area (Å²) in [5, 5.41) is 1.43. The lowest BCUT2D eigenvalue weighted by Crippen LogP contribution is -2.33. The number of rotatable bonds is 5. The first kappa shape index (κ1) is 14.5. The van der Waals surface area contributed by atoms with Crippen LogP contribution in [0, 0.1) is 6.92 Å². The van der Waals surface area contributed by atoms with Gasteiger partial charge < -0.3 is 4.90 Å². The Labute approximate surface area is 116 Å². The zero-order valence-corrected chi connectivity index (χ0v) is 12.5. The van der Waals surface area contributed by atoms with E-state index in [1.807, 2.05) is 30.0 Å². The summed E-state index contributed by atoms with van der Waals surface area (Å²) in [7, 11) is 0. The van der Waals surface area contributed by atoms with Gasteiger partial charge in [-0.25, -0.2) is 0 Å². The van der Waals surface area contributed by atoms with Gasteiger partial charge >= 0.3 is 0 Å². The maximum absolute atomic E-state index is 12.3. The summed E-state index contributed by atoms with van der Waals surface area (Å²) in [6, 6.07) is 5.46. The Kier molecular flexibility index (Phi) is 6.00. The van der Waals surface area contributed by atoms with Gasteiger partial charge in [-0.1, -0.05) is 40.5 Å². The largest absolute Gasteiger partial charge is 0.338 e. The molecule has 0 atom stereocenters. The molecular formula is C13H17BrClNO. The van der Waals surface area contributed by atoms with Crippen molar-refractivity contribution in [2.45, 2.75) is 20.3 Å². The fraction of sp³-hybridized carbons (Fsp3) is 0.462. The van der Waals surface area contributed by atoms with E-state index in [0.29, 0.717) is 10.6 Å². The van der Waals surface area contributed by atoms with Crippen LogP contribution < -0.4 is 0 Å². The monoisotopic (exact) mass is 317 g/mol. The van der Waals surface area contributed by atoms with Gasteiger partial charge in [0.1, 0.15) is 0 Å². The van der Waals surface area contributed by atoms with E-state index in [2.05, 4.69) is 22.9 Å². The molecule has 1 amide bonds. The predicted octanol–water partition coefficient (Wildman–Crippen LogP) is 3.90. The van der Waals surface area contributed by atoms with Crippen molar-refractivity contribution in [3.63, 3.8) is 0 Å². The lowest BCUT2D eigenvalue weighted by Gasteiger charge is -2.22. The van der Waals surface area contributed by atoms with Crippen LogP contribution in [-0.4, -0.2) is 29.2 Å². The van der Waals surface area contributed by atoms with Crippen LogP contribution in [0.1, 0.15) is 29.3 Å². The molecule has 0 saturated heterocycles. The smallest absolute Gasteiger partial charge is 0.254 e. The molecule has 4 heteroatoms. The molecule has 0 heterocycles. The van der Waals surface area contributed by atoms with Crippen LogP contribution in [0.25, 0.3) is 0 Å². The Bertz CT molecular complexity index is 389. The summed E-state index contributed by atoms with van der Waals surface area (Å²) in [6.45, 7) is 5.45. The van der Waals surface area contributed by atoms with Gasteiger partial charge in [-0.05, 0) is 31.0 Å². The van der Waals surface area contributed by atoms with Crippen molar-refractivity contribution in [2.75, 3.05) is 18.4 Å². The van der Waals surface area contributed by atoms with Crippen molar-refractivity contribution < 1.29 is 4.79 Å². The zero-order chi connectivity index (χ0) is 12.8. The average Bonchev–Trinajstić information content (AvgIpc) is 2.31. The molecule has 0 spiro atoms. The maximum Gasteiger partial charge on any atom is 0.254 e. The summed E-state index contributed by atoms with van der Waals surface area (Å²) >= 11 is 9.41. The van der Waals surface area contributed by atoms with Gasteiger partial charge in [-0.15, -0.1) is 0 Å². The summed E-state index contributed by atoms with van der Waals surface area (Å²) in [5.41, 5.74) is 1.56. The number of hydrogen-bond donors (Lipinski definition) is 0. The Hall–Kier alpha value is -0.540. The number of hydrogen-bond acceptors (Lipinski definition) is 1. The van der Waals surface area contributed by atoms with Gasteiger partial charge in [-0.2, -0.15) is 0 Å². The molecule has 0 aliphatic carbocycles. The SMILES string of the molecule is CCCN(CCBr)C(=O)c1cccc(Cl)c1C. The molecule has 0 fully saturated rings. The lowest BCUT2D eigenvalue weighted by atomic mass is 10.1. The highest BCUT2D eigenvalue weighted by Gasteiger charge is 2.17. The standard InChI is InChI=1S/C13H17BrClNO/c1-3-8-16(9-7-14)13(17)11-5-4-6-12(15)10(11)2/h4-6H,3,7-9H2,1-2H3. The van der Waals surface area contributed by atoms with Crippen LogP contribution in [0.2, 0.25) is 5.02 Å². The van der Waals surface area contributed by atoms with Crippen molar-refractivity contribution >= 4 is 33.4 Å². The number of halogens is 2. The first-order valence-electron chi connectivity index (χ1n) is 5.72. The number of alkyl halides is 1. The average molecular weight is 319 g/mol. The van der Waals surface area contributed by atoms with E-state index in [-0.39, 0.29) is 5.91 Å². The van der Waals surface area contributed by atoms with Gasteiger partial charge in [0.05, 0.1) is 0 Å². The number of carbonyl (C=O) groups is 1. The minimum atomic E-state index is 0.0614. The molecule has 0 unspecified atom stereocenters. The third-order valence-electron chi connectivity index (χ3n) is 2.63. The highest BCUT2D eigenvalue weighted by atomic mass is 79.9. The highest BCUT2D eigenvalue weighted by molar-refractivity contribution is 9.09. The van der Waals surface area contributed by atoms with E-state index in [4.69, 9.17) is 11.6 Å². The normalized spacial score (nSPS) is 10.4. The minimum Gasteiger partial charge on any atom is -0.338 e. The van der Waals surface area contributed by atoms with Crippen molar-refractivity contribution in [3.05, 3.63) is 34.3 Å². The Balaban J connectivity index is 2.96. The first-order chi connectivity index (χ1) is 8.11. The van der Waals surface area contributed by atoms with E-state index in [0.717, 1.165) is 30.4 Å². The van der Waals surface area contributed by atoms with Gasteiger partial charge in [0.15, 0.2) is 0 Å². The molecule has 0 N–H and O–H groups in total. The first-order valence-corrected chi connectivity index (χ1v) is 7.22. The van der Waals surface area contributed by atoms with Crippen LogP contribution >= 0.6 is 27.5 Å². The molecule has 94 valence electrons. The van der Waals surface area contributed by atoms with E-state index >= 15 is 0 Å². The summed E-state index contributed by atoms with van der Waals surface area (Å²) < 4.78 is 0. The molecule has 1 rings (SSSR count). The third kappa shape index (κ3) is 3.71. The van der Waals surface area contributed by atoms with Crippen LogP contribution in [0.15, 0.2) is 18.2 Å². The summed E-state index contributed by atoms with van der Waals surface area (Å²) in [5.74, 6) is 0.0614. The van der Waals surface area contributed by atoms with E-state index in [1.165, 1.54) is 0 Å². The van der Waals surface area contributed by atoms with Crippen LogP contribution in [0.4, 0.5) is 0 Å². The Morgan fingerprint density at radius 2 is 2.12 bits per heavy atom. The molecule has 0 bridgehead atoms. The Morgan fingerprint density at radius 1 is 1.41 bits per heavy atom. The van der Waals surface area contributed by atoms with Crippen LogP contribution in [0.5, 0.6) is 0 Å². The van der Waals surface area contributed by atoms with E-state index in [9.17, 15) is 4.79 Å². The predicted molar refractivity (Wildman–Crippen MR) is 76.2 cm³/mol. The molecule has 0 aliphatic heterocycles. The second-order valence-electron chi connectivity index (χ2n) is 3.89. The zero-order valence-electron chi connectivity index (χ0n) is 10.2. The molecule has 0 aliphatic rings. The number of nitrogens with zero attached hydrogens (tertiary/aromatic N) is 1. The highest BCUT2D eigenvalue weighted by Crippen LogP contribution is 2.20. The van der Waals surface area contributed by atoms with Crippen LogP contribution in [0.3, 0.4) is 0 Å². The fourth-order valence-electron chi connectivity index (χ4n) is 1.70. The summed E-state index contributed by atoms with van der Waals surface area (Å²) in [4.78, 5) is 14.2. The number of amides is 1. The summed E-state index contributed by atoms with van der Waals surface area (Å²) in [6.07, 6.45) is 0.957. The number of benzene rings is 1. The molecular weight excluding hydrogens is 302 g/mol. The molecule has 1 aromatic rings. The molecule has 17 heavy (non-hydrogen) atoms. The van der Waals surface area contributed by atoms with E-state index in [1.54, 1.807) is 0 Å². The number of carbonyl (C=O) groups excluding carboxylic acids is 1. The second-order valence-corrected chi connectivity index (χ2v) is 5.09. The maximum atomic E-state index is 12.3. The van der Waals surface area contributed by atoms with Crippen molar-refractivity contribution in [2.24, 2.45) is 0 Å².